The van der Waals surface area contributed by atoms with E-state index in [0.717, 1.165) is 11.1 Å². The fourth-order valence-electron chi connectivity index (χ4n) is 2.63. The molecular formula is C24H30N2O5. The van der Waals surface area contributed by atoms with Gasteiger partial charge in [0.25, 0.3) is 0 Å². The van der Waals surface area contributed by atoms with Crippen LogP contribution >= 0.6 is 0 Å². The average molecular weight is 427 g/mol. The van der Waals surface area contributed by atoms with Gasteiger partial charge in [-0.15, -0.1) is 0 Å². The van der Waals surface area contributed by atoms with Crippen LogP contribution in [0.15, 0.2) is 60.7 Å². The highest BCUT2D eigenvalue weighted by molar-refractivity contribution is 5.89. The minimum absolute atomic E-state index is 0.0518. The predicted octanol–water partition coefficient (Wildman–Crippen LogP) is 3.08. The lowest BCUT2D eigenvalue weighted by molar-refractivity contribution is -0.154. The second-order valence-corrected chi connectivity index (χ2v) is 8.14. The molecule has 0 unspecified atom stereocenters. The molecule has 2 rings (SSSR count). The fourth-order valence-corrected chi connectivity index (χ4v) is 2.63. The van der Waals surface area contributed by atoms with Crippen LogP contribution in [-0.2, 0) is 37.0 Å². The van der Waals surface area contributed by atoms with Crippen molar-refractivity contribution in [2.45, 2.75) is 58.3 Å². The third-order valence-electron chi connectivity index (χ3n) is 4.19. The summed E-state index contributed by atoms with van der Waals surface area (Å²) in [5.41, 5.74) is 3.55. The molecule has 0 fully saturated rings. The molecule has 7 heteroatoms. The summed E-state index contributed by atoms with van der Waals surface area (Å²) in [6.45, 7) is 5.40. The van der Waals surface area contributed by atoms with Crippen molar-refractivity contribution >= 4 is 17.8 Å². The van der Waals surface area contributed by atoms with Crippen molar-refractivity contribution in [1.29, 1.82) is 0 Å². The van der Waals surface area contributed by atoms with Crippen LogP contribution in [0.25, 0.3) is 0 Å². The molecule has 0 saturated carbocycles. The minimum atomic E-state index is -1.12. The summed E-state index contributed by atoms with van der Waals surface area (Å²) < 4.78 is 5.33. The predicted molar refractivity (Wildman–Crippen MR) is 117 cm³/mol. The van der Waals surface area contributed by atoms with Crippen LogP contribution in [0.2, 0.25) is 0 Å². The molecule has 0 radical (unpaired) electrons. The highest BCUT2D eigenvalue weighted by atomic mass is 16.7. The van der Waals surface area contributed by atoms with Gasteiger partial charge in [-0.1, -0.05) is 60.7 Å². The number of carbonyl (C=O) groups is 3. The molecule has 2 N–H and O–H groups in total. The molecule has 2 aromatic carbocycles. The molecule has 0 aromatic heterocycles. The lowest BCUT2D eigenvalue weighted by Crippen LogP contribution is -2.46. The lowest BCUT2D eigenvalue weighted by Gasteiger charge is -2.21. The van der Waals surface area contributed by atoms with Crippen molar-refractivity contribution in [1.82, 2.24) is 10.8 Å². The molecule has 2 aromatic rings. The van der Waals surface area contributed by atoms with E-state index in [1.165, 1.54) is 0 Å². The molecule has 0 spiro atoms. The summed E-state index contributed by atoms with van der Waals surface area (Å²) in [6, 6.07) is 17.6. The summed E-state index contributed by atoms with van der Waals surface area (Å²) in [7, 11) is 0. The zero-order valence-electron chi connectivity index (χ0n) is 18.2. The Bertz CT molecular complexity index is 847. The van der Waals surface area contributed by atoms with Gasteiger partial charge in [0.05, 0.1) is 12.0 Å². The van der Waals surface area contributed by atoms with E-state index >= 15 is 0 Å². The summed E-state index contributed by atoms with van der Waals surface area (Å²) in [6.07, 6.45) is 0.422. The molecule has 7 nitrogen and oxygen atoms in total. The van der Waals surface area contributed by atoms with Crippen LogP contribution in [0.4, 0.5) is 0 Å². The smallest absolute Gasteiger partial charge is 0.329 e. The van der Waals surface area contributed by atoms with Gasteiger partial charge in [0.2, 0.25) is 11.8 Å². The van der Waals surface area contributed by atoms with Crippen LogP contribution in [0.1, 0.15) is 44.7 Å². The van der Waals surface area contributed by atoms with Crippen molar-refractivity contribution in [2.24, 2.45) is 0 Å². The topological polar surface area (TPSA) is 93.7 Å². The van der Waals surface area contributed by atoms with E-state index in [0.29, 0.717) is 6.42 Å². The fraction of sp³-hybridized carbons (Fsp3) is 0.375. The van der Waals surface area contributed by atoms with Gasteiger partial charge in [-0.2, -0.15) is 0 Å². The monoisotopic (exact) mass is 426 g/mol. The number of rotatable bonds is 10. The molecule has 2 amide bonds. The van der Waals surface area contributed by atoms with E-state index < -0.39 is 23.5 Å². The summed E-state index contributed by atoms with van der Waals surface area (Å²) >= 11 is 0. The normalized spacial score (nSPS) is 12.0. The van der Waals surface area contributed by atoms with E-state index in [2.05, 4.69) is 10.8 Å². The number of hydrogen-bond donors (Lipinski definition) is 2. The van der Waals surface area contributed by atoms with Crippen LogP contribution in [0.5, 0.6) is 0 Å². The zero-order chi connectivity index (χ0) is 22.7. The third kappa shape index (κ3) is 9.91. The number of nitrogens with one attached hydrogen (secondary N) is 2. The van der Waals surface area contributed by atoms with Gasteiger partial charge in [0, 0.05) is 6.42 Å². The number of carbonyl (C=O) groups excluding carboxylic acids is 3. The Balaban J connectivity index is 1.95. The van der Waals surface area contributed by atoms with Gasteiger partial charge in [-0.25, -0.2) is 10.3 Å². The Labute approximate surface area is 183 Å². The number of hydrogen-bond acceptors (Lipinski definition) is 5. The molecular weight excluding hydrogens is 396 g/mol. The molecule has 0 saturated heterocycles. The highest BCUT2D eigenvalue weighted by Gasteiger charge is 2.26. The maximum absolute atomic E-state index is 12.6. The highest BCUT2D eigenvalue weighted by Crippen LogP contribution is 2.08. The maximum Gasteiger partial charge on any atom is 0.329 e. The van der Waals surface area contributed by atoms with Gasteiger partial charge in [-0.3, -0.25) is 14.4 Å². The summed E-state index contributed by atoms with van der Waals surface area (Å²) in [5, 5.41) is 2.62. The molecule has 0 aliphatic rings. The Morgan fingerprint density at radius 3 is 2.03 bits per heavy atom. The standard InChI is InChI=1S/C24H30N2O5/c1-24(2,3)31-26-22(28)16-20(23(29)30-17-19-12-8-5-9-13-19)25-21(27)15-14-18-10-6-4-7-11-18/h4-13,20H,14-17H2,1-3H3,(H,25,27)(H,26,28)/t20-/m0/s1. The lowest BCUT2D eigenvalue weighted by atomic mass is 10.1. The number of aryl methyl sites for hydroxylation is 1. The van der Waals surface area contributed by atoms with Gasteiger partial charge in [0.1, 0.15) is 12.6 Å². The number of benzene rings is 2. The van der Waals surface area contributed by atoms with E-state index in [4.69, 9.17) is 9.57 Å². The van der Waals surface area contributed by atoms with Crippen LogP contribution < -0.4 is 10.8 Å². The quantitative estimate of drug-likeness (QED) is 0.450. The van der Waals surface area contributed by atoms with E-state index in [1.807, 2.05) is 60.7 Å². The number of ether oxygens (including phenoxy) is 1. The van der Waals surface area contributed by atoms with E-state index in [1.54, 1.807) is 20.8 Å². The second kappa shape index (κ2) is 11.9. The SMILES string of the molecule is CC(C)(C)ONC(=O)C[C@H](NC(=O)CCc1ccccc1)C(=O)OCc1ccccc1. The molecule has 0 aliphatic carbocycles. The van der Waals surface area contributed by atoms with Crippen molar-refractivity contribution in [2.75, 3.05) is 0 Å². The Kier molecular flexibility index (Phi) is 9.21. The molecule has 1 atom stereocenters. The van der Waals surface area contributed by atoms with E-state index in [9.17, 15) is 14.4 Å². The van der Waals surface area contributed by atoms with Gasteiger partial charge in [0.15, 0.2) is 0 Å². The second-order valence-electron chi connectivity index (χ2n) is 8.14. The van der Waals surface area contributed by atoms with Gasteiger partial charge < -0.3 is 10.1 Å². The van der Waals surface area contributed by atoms with Crippen LogP contribution in [-0.4, -0.2) is 29.4 Å². The molecule has 0 heterocycles. The average Bonchev–Trinajstić information content (AvgIpc) is 2.75. The Morgan fingerprint density at radius 2 is 1.45 bits per heavy atom. The van der Waals surface area contributed by atoms with Crippen molar-refractivity contribution in [3.05, 3.63) is 71.8 Å². The third-order valence-corrected chi connectivity index (χ3v) is 4.19. The zero-order valence-corrected chi connectivity index (χ0v) is 18.2. The summed E-state index contributed by atoms with van der Waals surface area (Å²) in [5.74, 6) is -1.54. The van der Waals surface area contributed by atoms with Crippen molar-refractivity contribution in [3.63, 3.8) is 0 Å². The first kappa shape index (κ1) is 24.1. The largest absolute Gasteiger partial charge is 0.459 e. The maximum atomic E-state index is 12.6. The van der Waals surface area contributed by atoms with Crippen molar-refractivity contribution in [3.8, 4) is 0 Å². The van der Waals surface area contributed by atoms with Crippen LogP contribution in [0.3, 0.4) is 0 Å². The molecule has 31 heavy (non-hydrogen) atoms. The van der Waals surface area contributed by atoms with E-state index in [-0.39, 0.29) is 25.4 Å². The number of amides is 2. The number of hydroxylamine groups is 1. The summed E-state index contributed by atoms with van der Waals surface area (Å²) in [4.78, 5) is 42.5. The minimum Gasteiger partial charge on any atom is -0.459 e. The Hall–Kier alpha value is -3.19. The Morgan fingerprint density at radius 1 is 0.871 bits per heavy atom. The number of esters is 1. The first-order valence-electron chi connectivity index (χ1n) is 10.2. The molecule has 0 bridgehead atoms. The van der Waals surface area contributed by atoms with Gasteiger partial charge >= 0.3 is 5.97 Å². The van der Waals surface area contributed by atoms with Crippen LogP contribution in [0, 0.1) is 0 Å². The van der Waals surface area contributed by atoms with Crippen molar-refractivity contribution < 1.29 is 24.0 Å². The van der Waals surface area contributed by atoms with Gasteiger partial charge in [-0.05, 0) is 38.3 Å². The first-order valence-corrected chi connectivity index (χ1v) is 10.2. The molecule has 0 aliphatic heterocycles. The molecule has 166 valence electrons. The first-order chi connectivity index (χ1) is 14.7.